The molecule has 92 valence electrons. The van der Waals surface area contributed by atoms with Crippen LogP contribution in [0, 0.1) is 0 Å². The van der Waals surface area contributed by atoms with Crippen molar-refractivity contribution in [1.82, 2.24) is 0 Å². The number of methoxy groups -OCH3 is 1. The first-order valence-electron chi connectivity index (χ1n) is 5.33. The van der Waals surface area contributed by atoms with Crippen molar-refractivity contribution in [2.24, 2.45) is 4.99 Å². The molecule has 0 atom stereocenters. The summed E-state index contributed by atoms with van der Waals surface area (Å²) in [5.41, 5.74) is 0.956. The molecular formula is C12H15BrN2OS. The minimum absolute atomic E-state index is 0.0201. The fourth-order valence-corrected chi connectivity index (χ4v) is 2.95. The van der Waals surface area contributed by atoms with E-state index in [1.807, 2.05) is 18.2 Å². The van der Waals surface area contributed by atoms with Crippen molar-refractivity contribution in [1.29, 1.82) is 0 Å². The highest BCUT2D eigenvalue weighted by Crippen LogP contribution is 2.32. The van der Waals surface area contributed by atoms with Gasteiger partial charge in [0.05, 0.1) is 18.3 Å². The summed E-state index contributed by atoms with van der Waals surface area (Å²) < 4.78 is 6.33. The molecule has 1 aliphatic rings. The molecule has 0 bridgehead atoms. The van der Waals surface area contributed by atoms with E-state index in [0.717, 1.165) is 26.8 Å². The molecular weight excluding hydrogens is 300 g/mol. The van der Waals surface area contributed by atoms with Gasteiger partial charge in [-0.25, -0.2) is 0 Å². The largest absolute Gasteiger partial charge is 0.495 e. The number of hydrogen-bond acceptors (Lipinski definition) is 4. The number of halogens is 1. The number of thioether (sulfide) groups is 1. The second kappa shape index (κ2) is 4.90. The minimum Gasteiger partial charge on any atom is -0.495 e. The fraction of sp³-hybridized carbons (Fsp3) is 0.417. The number of nitrogens with zero attached hydrogens (tertiary/aromatic N) is 1. The molecule has 0 amide bonds. The van der Waals surface area contributed by atoms with Crippen LogP contribution in [0.2, 0.25) is 0 Å². The van der Waals surface area contributed by atoms with Crippen molar-refractivity contribution >= 4 is 38.5 Å². The van der Waals surface area contributed by atoms with Crippen LogP contribution < -0.4 is 10.1 Å². The van der Waals surface area contributed by atoms with Gasteiger partial charge < -0.3 is 10.1 Å². The van der Waals surface area contributed by atoms with E-state index in [-0.39, 0.29) is 5.54 Å². The summed E-state index contributed by atoms with van der Waals surface area (Å²) in [5.74, 6) is 1.83. The molecule has 0 aliphatic carbocycles. The van der Waals surface area contributed by atoms with Crippen LogP contribution >= 0.6 is 27.7 Å². The Kier molecular flexibility index (Phi) is 3.68. The third-order valence-electron chi connectivity index (χ3n) is 2.37. The number of benzene rings is 1. The lowest BCUT2D eigenvalue weighted by atomic mass is 10.1. The van der Waals surface area contributed by atoms with Crippen LogP contribution in [-0.2, 0) is 0 Å². The maximum absolute atomic E-state index is 5.31. The van der Waals surface area contributed by atoms with Gasteiger partial charge in [-0.2, -0.15) is 0 Å². The van der Waals surface area contributed by atoms with Crippen molar-refractivity contribution in [3.05, 3.63) is 22.7 Å². The van der Waals surface area contributed by atoms with Crippen LogP contribution in [0.5, 0.6) is 5.75 Å². The summed E-state index contributed by atoms with van der Waals surface area (Å²) in [6, 6.07) is 5.88. The van der Waals surface area contributed by atoms with E-state index < -0.39 is 0 Å². The van der Waals surface area contributed by atoms with Gasteiger partial charge >= 0.3 is 0 Å². The highest BCUT2D eigenvalue weighted by molar-refractivity contribution is 9.10. The maximum Gasteiger partial charge on any atom is 0.161 e. The molecule has 0 unspecified atom stereocenters. The third-order valence-corrected chi connectivity index (χ3v) is 4.18. The molecule has 0 saturated heterocycles. The molecule has 0 saturated carbocycles. The molecule has 1 aromatic carbocycles. The lowest BCUT2D eigenvalue weighted by molar-refractivity contribution is 0.417. The quantitative estimate of drug-likeness (QED) is 0.902. The Labute approximate surface area is 114 Å². The number of aliphatic imine (C=N–C) groups is 1. The summed E-state index contributed by atoms with van der Waals surface area (Å²) in [7, 11) is 1.67. The van der Waals surface area contributed by atoms with Crippen LogP contribution in [0.4, 0.5) is 5.69 Å². The van der Waals surface area contributed by atoms with Gasteiger partial charge in [0.25, 0.3) is 0 Å². The molecule has 17 heavy (non-hydrogen) atoms. The maximum atomic E-state index is 5.31. The van der Waals surface area contributed by atoms with Gasteiger partial charge in [-0.05, 0) is 32.0 Å². The number of rotatable bonds is 2. The zero-order valence-electron chi connectivity index (χ0n) is 10.1. The van der Waals surface area contributed by atoms with Crippen molar-refractivity contribution in [3.63, 3.8) is 0 Å². The van der Waals surface area contributed by atoms with Crippen molar-refractivity contribution < 1.29 is 4.74 Å². The second-order valence-electron chi connectivity index (χ2n) is 4.49. The Morgan fingerprint density at radius 2 is 2.24 bits per heavy atom. The first-order valence-corrected chi connectivity index (χ1v) is 7.11. The second-order valence-corrected chi connectivity index (χ2v) is 6.37. The van der Waals surface area contributed by atoms with Crippen LogP contribution in [0.3, 0.4) is 0 Å². The summed E-state index contributed by atoms with van der Waals surface area (Å²) in [4.78, 5) is 4.62. The van der Waals surface area contributed by atoms with Crippen LogP contribution in [0.15, 0.2) is 27.7 Å². The Morgan fingerprint density at radius 3 is 2.82 bits per heavy atom. The third kappa shape index (κ3) is 3.16. The smallest absolute Gasteiger partial charge is 0.161 e. The number of nitrogens with one attached hydrogen (secondary N) is 1. The van der Waals surface area contributed by atoms with Gasteiger partial charge in [0, 0.05) is 10.2 Å². The Hall–Kier alpha value is -0.680. The minimum atomic E-state index is 0.0201. The molecule has 3 nitrogen and oxygen atoms in total. The molecule has 0 spiro atoms. The van der Waals surface area contributed by atoms with E-state index in [0.29, 0.717) is 0 Å². The summed E-state index contributed by atoms with van der Waals surface area (Å²) in [6.07, 6.45) is 0. The molecule has 0 aromatic heterocycles. The molecule has 1 heterocycles. The van der Waals surface area contributed by atoms with Crippen LogP contribution in [-0.4, -0.2) is 23.6 Å². The van der Waals surface area contributed by atoms with E-state index >= 15 is 0 Å². The summed E-state index contributed by atoms with van der Waals surface area (Å²) in [6.45, 7) is 4.26. The van der Waals surface area contributed by atoms with Gasteiger partial charge in [-0.3, -0.25) is 4.99 Å². The first kappa shape index (κ1) is 12.8. The average molecular weight is 315 g/mol. The van der Waals surface area contributed by atoms with Crippen LogP contribution in [0.25, 0.3) is 0 Å². The standard InChI is InChI=1S/C12H15BrN2OS/c1-12(2)7-17-11(15-12)14-9-6-8(13)4-5-10(9)16-3/h4-6H,7H2,1-3H3,(H,14,15). The molecule has 0 fully saturated rings. The molecule has 2 rings (SSSR count). The van der Waals surface area contributed by atoms with E-state index in [9.17, 15) is 0 Å². The van der Waals surface area contributed by atoms with Crippen LogP contribution in [0.1, 0.15) is 13.8 Å². The molecule has 1 N–H and O–H groups in total. The van der Waals surface area contributed by atoms with Gasteiger partial charge in [0.15, 0.2) is 5.17 Å². The number of hydrogen-bond donors (Lipinski definition) is 1. The first-order chi connectivity index (χ1) is 8.00. The van der Waals surface area contributed by atoms with Crippen molar-refractivity contribution in [3.8, 4) is 5.75 Å². The number of ether oxygens (including phenoxy) is 1. The van der Waals surface area contributed by atoms with Crippen molar-refractivity contribution in [2.45, 2.75) is 19.4 Å². The van der Waals surface area contributed by atoms with Crippen molar-refractivity contribution in [2.75, 3.05) is 18.2 Å². The lowest BCUT2D eigenvalue weighted by Crippen LogP contribution is -2.15. The van der Waals surface area contributed by atoms with Gasteiger partial charge in [0.1, 0.15) is 5.75 Å². The Bertz CT molecular complexity index is 460. The predicted octanol–water partition coefficient (Wildman–Crippen LogP) is 3.75. The number of anilines is 1. The van der Waals surface area contributed by atoms with E-state index in [4.69, 9.17) is 4.74 Å². The summed E-state index contributed by atoms with van der Waals surface area (Å²) in [5, 5.41) is 4.27. The monoisotopic (exact) mass is 314 g/mol. The number of amidine groups is 1. The molecule has 1 aliphatic heterocycles. The van der Waals surface area contributed by atoms with E-state index in [1.54, 1.807) is 18.9 Å². The normalized spacial score (nSPS) is 17.8. The topological polar surface area (TPSA) is 33.6 Å². The molecule has 5 heteroatoms. The fourth-order valence-electron chi connectivity index (χ4n) is 1.54. The summed E-state index contributed by atoms with van der Waals surface area (Å²) >= 11 is 5.19. The van der Waals surface area contributed by atoms with Gasteiger partial charge in [0.2, 0.25) is 0 Å². The Morgan fingerprint density at radius 1 is 1.47 bits per heavy atom. The van der Waals surface area contributed by atoms with E-state index in [2.05, 4.69) is 40.1 Å². The van der Waals surface area contributed by atoms with Gasteiger partial charge in [-0.1, -0.05) is 27.7 Å². The highest BCUT2D eigenvalue weighted by atomic mass is 79.9. The highest BCUT2D eigenvalue weighted by Gasteiger charge is 2.25. The SMILES string of the molecule is COc1ccc(Br)cc1NC1=NC(C)(C)CS1. The Balaban J connectivity index is 2.22. The van der Waals surface area contributed by atoms with E-state index in [1.165, 1.54) is 0 Å². The zero-order valence-corrected chi connectivity index (χ0v) is 12.5. The lowest BCUT2D eigenvalue weighted by Gasteiger charge is -2.11. The van der Waals surface area contributed by atoms with Gasteiger partial charge in [-0.15, -0.1) is 0 Å². The zero-order chi connectivity index (χ0) is 12.5. The predicted molar refractivity (Wildman–Crippen MR) is 78.3 cm³/mol. The molecule has 1 aromatic rings. The molecule has 0 radical (unpaired) electrons. The average Bonchev–Trinajstić information content (AvgIpc) is 2.58.